The van der Waals surface area contributed by atoms with E-state index in [1.165, 1.54) is 11.3 Å². The van der Waals surface area contributed by atoms with Gasteiger partial charge in [-0.2, -0.15) is 5.26 Å². The van der Waals surface area contributed by atoms with E-state index in [0.717, 1.165) is 0 Å². The molecule has 6 heteroatoms. The highest BCUT2D eigenvalue weighted by Gasteiger charge is 2.27. The van der Waals surface area contributed by atoms with Crippen LogP contribution >= 0.6 is 22.9 Å². The quantitative estimate of drug-likeness (QED) is 0.755. The van der Waals surface area contributed by atoms with E-state index < -0.39 is 0 Å². The number of hydrogen-bond donors (Lipinski definition) is 1. The highest BCUT2D eigenvalue weighted by Crippen LogP contribution is 2.31. The van der Waals surface area contributed by atoms with Gasteiger partial charge in [0.2, 0.25) is 0 Å². The summed E-state index contributed by atoms with van der Waals surface area (Å²) >= 11 is 6.95. The molecule has 2 heterocycles. The van der Waals surface area contributed by atoms with Gasteiger partial charge in [0, 0.05) is 13.1 Å². The lowest BCUT2D eigenvalue weighted by atomic mass is 10.2. The summed E-state index contributed by atoms with van der Waals surface area (Å²) in [5.74, 6) is 0. The van der Waals surface area contributed by atoms with Gasteiger partial charge in [0.05, 0.1) is 6.10 Å². The lowest BCUT2D eigenvalue weighted by molar-refractivity contribution is 0.142. The lowest BCUT2D eigenvalue weighted by Crippen LogP contribution is -2.50. The first kappa shape index (κ1) is 8.75. The number of aromatic nitrogens is 1. The van der Waals surface area contributed by atoms with E-state index >= 15 is 0 Å². The van der Waals surface area contributed by atoms with Crippen LogP contribution in [-0.4, -0.2) is 29.3 Å². The smallest absolute Gasteiger partial charge is 0.188 e. The Morgan fingerprint density at radius 1 is 1.69 bits per heavy atom. The van der Waals surface area contributed by atoms with Crippen LogP contribution in [0.4, 0.5) is 5.13 Å². The molecule has 0 aromatic carbocycles. The Hall–Kier alpha value is -0.830. The normalized spacial score (nSPS) is 16.8. The summed E-state index contributed by atoms with van der Waals surface area (Å²) in [7, 11) is 0. The van der Waals surface area contributed by atoms with Crippen LogP contribution in [0.2, 0.25) is 5.15 Å². The average Bonchev–Trinajstić information content (AvgIpc) is 2.41. The molecule has 0 spiro atoms. The van der Waals surface area contributed by atoms with Crippen molar-refractivity contribution in [1.29, 1.82) is 5.26 Å². The summed E-state index contributed by atoms with van der Waals surface area (Å²) in [5, 5.41) is 18.6. The second-order valence-corrected chi connectivity index (χ2v) is 4.12. The van der Waals surface area contributed by atoms with Crippen molar-refractivity contribution in [2.45, 2.75) is 6.10 Å². The summed E-state index contributed by atoms with van der Waals surface area (Å²) < 4.78 is 0. The van der Waals surface area contributed by atoms with Crippen molar-refractivity contribution in [2.24, 2.45) is 0 Å². The molecule has 0 unspecified atom stereocenters. The van der Waals surface area contributed by atoms with Gasteiger partial charge in [-0.05, 0) is 0 Å². The van der Waals surface area contributed by atoms with Crippen molar-refractivity contribution < 1.29 is 5.11 Å². The van der Waals surface area contributed by atoms with Crippen molar-refractivity contribution in [3.8, 4) is 6.07 Å². The first-order chi connectivity index (χ1) is 6.20. The Balaban J connectivity index is 2.19. The summed E-state index contributed by atoms with van der Waals surface area (Å²) in [6.07, 6.45) is -0.270. The minimum Gasteiger partial charge on any atom is -0.389 e. The molecule has 1 aromatic rings. The van der Waals surface area contributed by atoms with Gasteiger partial charge in [-0.15, -0.1) is 0 Å². The molecule has 1 fully saturated rings. The van der Waals surface area contributed by atoms with Gasteiger partial charge in [0.1, 0.15) is 10.9 Å². The number of β-amino-alcohol motifs (C(OH)–C–C–N with tert-alkyl or cyclic N) is 1. The Kier molecular flexibility index (Phi) is 2.12. The van der Waals surface area contributed by atoms with Gasteiger partial charge in [0.25, 0.3) is 0 Å². The van der Waals surface area contributed by atoms with Crippen LogP contribution in [-0.2, 0) is 0 Å². The Morgan fingerprint density at radius 3 is 2.85 bits per heavy atom. The molecule has 68 valence electrons. The van der Waals surface area contributed by atoms with E-state index in [0.29, 0.717) is 23.1 Å². The number of aliphatic hydroxyl groups excluding tert-OH is 1. The van der Waals surface area contributed by atoms with Gasteiger partial charge in [-0.25, -0.2) is 4.98 Å². The third kappa shape index (κ3) is 1.48. The zero-order valence-corrected chi connectivity index (χ0v) is 8.14. The Labute approximate surface area is 84.0 Å². The zero-order chi connectivity index (χ0) is 9.42. The maximum absolute atomic E-state index is 9.05. The van der Waals surface area contributed by atoms with Crippen LogP contribution in [0.15, 0.2) is 0 Å². The monoisotopic (exact) mass is 215 g/mol. The molecule has 0 radical (unpaired) electrons. The number of anilines is 1. The zero-order valence-electron chi connectivity index (χ0n) is 6.57. The molecule has 0 bridgehead atoms. The highest BCUT2D eigenvalue weighted by atomic mass is 35.5. The number of aliphatic hydroxyl groups is 1. The first-order valence-corrected chi connectivity index (χ1v) is 4.89. The molecule has 1 aromatic heterocycles. The van der Waals surface area contributed by atoms with Crippen molar-refractivity contribution in [2.75, 3.05) is 18.0 Å². The maximum atomic E-state index is 9.05. The molecule has 0 aliphatic carbocycles. The Bertz CT molecular complexity index is 366. The molecular formula is C7H6ClN3OS. The topological polar surface area (TPSA) is 60.2 Å². The number of nitriles is 1. The fraction of sp³-hybridized carbons (Fsp3) is 0.429. The van der Waals surface area contributed by atoms with Gasteiger partial charge in [0.15, 0.2) is 10.3 Å². The van der Waals surface area contributed by atoms with Crippen molar-refractivity contribution in [1.82, 2.24) is 4.98 Å². The van der Waals surface area contributed by atoms with Crippen molar-refractivity contribution in [3.05, 3.63) is 10.0 Å². The van der Waals surface area contributed by atoms with Crippen molar-refractivity contribution >= 4 is 28.1 Å². The van der Waals surface area contributed by atoms with Crippen molar-refractivity contribution in [3.63, 3.8) is 0 Å². The van der Waals surface area contributed by atoms with Crippen LogP contribution in [0.1, 0.15) is 4.88 Å². The van der Waals surface area contributed by atoms with Crippen LogP contribution in [0.5, 0.6) is 0 Å². The third-order valence-corrected chi connectivity index (χ3v) is 3.22. The summed E-state index contributed by atoms with van der Waals surface area (Å²) in [6, 6.07) is 1.96. The van der Waals surface area contributed by atoms with Crippen LogP contribution in [0.3, 0.4) is 0 Å². The van der Waals surface area contributed by atoms with Crippen LogP contribution in [0, 0.1) is 11.3 Å². The minimum absolute atomic E-state index is 0.254. The molecule has 0 atom stereocenters. The molecule has 4 nitrogen and oxygen atoms in total. The number of nitrogens with zero attached hydrogens (tertiary/aromatic N) is 3. The molecule has 0 saturated carbocycles. The molecule has 1 saturated heterocycles. The third-order valence-electron chi connectivity index (χ3n) is 1.81. The van der Waals surface area contributed by atoms with Gasteiger partial charge < -0.3 is 10.0 Å². The highest BCUT2D eigenvalue weighted by molar-refractivity contribution is 7.16. The number of halogens is 1. The molecule has 13 heavy (non-hydrogen) atoms. The van der Waals surface area contributed by atoms with E-state index in [-0.39, 0.29) is 11.3 Å². The van der Waals surface area contributed by atoms with Crippen LogP contribution in [0.25, 0.3) is 0 Å². The second-order valence-electron chi connectivity index (χ2n) is 2.79. The van der Waals surface area contributed by atoms with Gasteiger partial charge >= 0.3 is 0 Å². The van der Waals surface area contributed by atoms with E-state index in [2.05, 4.69) is 4.98 Å². The van der Waals surface area contributed by atoms with Gasteiger partial charge in [-0.3, -0.25) is 0 Å². The maximum Gasteiger partial charge on any atom is 0.188 e. The predicted octanol–water partition coefficient (Wildman–Crippen LogP) is 0.849. The molecular weight excluding hydrogens is 210 g/mol. The van der Waals surface area contributed by atoms with E-state index in [4.69, 9.17) is 22.0 Å². The van der Waals surface area contributed by atoms with Gasteiger partial charge in [-0.1, -0.05) is 22.9 Å². The fourth-order valence-corrected chi connectivity index (χ4v) is 2.17. The molecule has 2 rings (SSSR count). The molecule has 1 aliphatic heterocycles. The number of rotatable bonds is 1. The van der Waals surface area contributed by atoms with Crippen LogP contribution < -0.4 is 4.90 Å². The number of hydrogen-bond acceptors (Lipinski definition) is 5. The SMILES string of the molecule is N#Cc1sc(N2CC(O)C2)nc1Cl. The van der Waals surface area contributed by atoms with E-state index in [9.17, 15) is 0 Å². The molecule has 0 amide bonds. The summed E-state index contributed by atoms with van der Waals surface area (Å²) in [4.78, 5) is 6.33. The lowest BCUT2D eigenvalue weighted by Gasteiger charge is -2.35. The van der Waals surface area contributed by atoms with E-state index in [1.807, 2.05) is 11.0 Å². The number of thiazole rings is 1. The first-order valence-electron chi connectivity index (χ1n) is 3.70. The van der Waals surface area contributed by atoms with E-state index in [1.54, 1.807) is 0 Å². The fourth-order valence-electron chi connectivity index (χ4n) is 1.11. The average molecular weight is 216 g/mol. The summed E-state index contributed by atoms with van der Waals surface area (Å²) in [5.41, 5.74) is 0. The molecule has 1 aliphatic rings. The Morgan fingerprint density at radius 2 is 2.38 bits per heavy atom. The predicted molar refractivity (Wildman–Crippen MR) is 50.1 cm³/mol. The second kappa shape index (κ2) is 3.14. The minimum atomic E-state index is -0.270. The molecule has 1 N–H and O–H groups in total. The largest absolute Gasteiger partial charge is 0.389 e. The summed E-state index contributed by atoms with van der Waals surface area (Å²) in [6.45, 7) is 1.16. The standard InChI is InChI=1S/C7H6ClN3OS/c8-6-5(1-9)13-7(10-6)11-2-4(12)3-11/h4,12H,2-3H2.